The molecule has 0 bridgehead atoms. The molecule has 0 radical (unpaired) electrons. The first kappa shape index (κ1) is 20.7. The highest BCUT2D eigenvalue weighted by Crippen LogP contribution is 2.41. The average Bonchev–Trinajstić information content (AvgIpc) is 3.21. The van der Waals surface area contributed by atoms with E-state index in [9.17, 15) is 4.79 Å². The van der Waals surface area contributed by atoms with E-state index in [4.69, 9.17) is 9.47 Å². The summed E-state index contributed by atoms with van der Waals surface area (Å²) in [6, 6.07) is 16.2. The van der Waals surface area contributed by atoms with Crippen molar-refractivity contribution in [2.75, 3.05) is 20.8 Å². The molecule has 2 aromatic carbocycles. The van der Waals surface area contributed by atoms with E-state index < -0.39 is 0 Å². The van der Waals surface area contributed by atoms with Crippen LogP contribution >= 0.6 is 11.3 Å². The molecule has 0 fully saturated rings. The van der Waals surface area contributed by atoms with E-state index in [0.29, 0.717) is 17.2 Å². The van der Waals surface area contributed by atoms with Gasteiger partial charge in [0.1, 0.15) is 5.01 Å². The van der Waals surface area contributed by atoms with Gasteiger partial charge in [-0.3, -0.25) is 9.69 Å². The van der Waals surface area contributed by atoms with Gasteiger partial charge < -0.3 is 9.47 Å². The summed E-state index contributed by atoms with van der Waals surface area (Å²) in [6.45, 7) is 3.31. The van der Waals surface area contributed by atoms with Gasteiger partial charge in [-0.15, -0.1) is 0 Å². The summed E-state index contributed by atoms with van der Waals surface area (Å²) in [4.78, 5) is 19.8. The molecule has 164 valence electrons. The zero-order chi connectivity index (χ0) is 22.2. The van der Waals surface area contributed by atoms with Crippen LogP contribution in [0.2, 0.25) is 0 Å². The Labute approximate surface area is 189 Å². The smallest absolute Gasteiger partial charge is 0.275 e. The summed E-state index contributed by atoms with van der Waals surface area (Å²) < 4.78 is 12.5. The average molecular weight is 449 g/mol. The Morgan fingerprint density at radius 1 is 1.09 bits per heavy atom. The maximum Gasteiger partial charge on any atom is 0.275 e. The Bertz CT molecular complexity index is 1330. The van der Waals surface area contributed by atoms with E-state index in [2.05, 4.69) is 51.4 Å². The van der Waals surface area contributed by atoms with Crippen molar-refractivity contribution in [3.8, 4) is 11.5 Å². The fourth-order valence-electron chi connectivity index (χ4n) is 4.39. The first-order valence-corrected chi connectivity index (χ1v) is 11.3. The van der Waals surface area contributed by atoms with Gasteiger partial charge in [-0.25, -0.2) is 4.98 Å². The van der Waals surface area contributed by atoms with E-state index in [-0.39, 0.29) is 11.6 Å². The number of nitrogens with zero attached hydrogens (tertiary/aromatic N) is 4. The molecule has 2 aromatic heterocycles. The monoisotopic (exact) mass is 448 g/mol. The fraction of sp³-hybridized carbons (Fsp3) is 0.292. The zero-order valence-electron chi connectivity index (χ0n) is 18.2. The van der Waals surface area contributed by atoms with Crippen LogP contribution in [-0.2, 0) is 13.0 Å². The molecule has 1 atom stereocenters. The largest absolute Gasteiger partial charge is 0.493 e. The molecule has 5 rings (SSSR count). The van der Waals surface area contributed by atoms with Crippen molar-refractivity contribution in [2.24, 2.45) is 0 Å². The third-order valence-corrected chi connectivity index (χ3v) is 6.74. The summed E-state index contributed by atoms with van der Waals surface area (Å²) in [5.74, 6) is 1.47. The second-order valence-electron chi connectivity index (χ2n) is 7.87. The van der Waals surface area contributed by atoms with Crippen LogP contribution in [0.4, 0.5) is 0 Å². The second kappa shape index (κ2) is 8.37. The Kier molecular flexibility index (Phi) is 5.40. The van der Waals surface area contributed by atoms with Gasteiger partial charge in [0.05, 0.1) is 26.8 Å². The van der Waals surface area contributed by atoms with Crippen LogP contribution in [0.1, 0.15) is 33.4 Å². The van der Waals surface area contributed by atoms with Crippen molar-refractivity contribution >= 4 is 16.3 Å². The van der Waals surface area contributed by atoms with Crippen LogP contribution < -0.4 is 15.0 Å². The third kappa shape index (κ3) is 3.65. The molecule has 7 nitrogen and oxygen atoms in total. The minimum Gasteiger partial charge on any atom is -0.493 e. The molecule has 0 spiro atoms. The maximum absolute atomic E-state index is 12.3. The molecular formula is C24H24N4O3S. The number of hydrogen-bond donors (Lipinski definition) is 0. The van der Waals surface area contributed by atoms with E-state index in [1.165, 1.54) is 38.6 Å². The van der Waals surface area contributed by atoms with Crippen LogP contribution in [0, 0.1) is 6.92 Å². The van der Waals surface area contributed by atoms with Crippen molar-refractivity contribution < 1.29 is 9.47 Å². The number of benzene rings is 2. The molecule has 0 aliphatic carbocycles. The summed E-state index contributed by atoms with van der Waals surface area (Å²) in [5, 5.41) is 5.43. The molecule has 1 aliphatic rings. The Hall–Kier alpha value is -3.23. The number of hydrogen-bond acceptors (Lipinski definition) is 7. The van der Waals surface area contributed by atoms with E-state index in [1.807, 2.05) is 13.0 Å². The number of aromatic nitrogens is 3. The Balaban J connectivity index is 1.58. The minimum atomic E-state index is -0.143. The standard InChI is InChI=1S/C24H24N4O3S/c1-15-11-22(29)28-24(25-15)32-21(26-28)14-27-10-9-17-12-19(30-2)20(31-3)13-18(17)23(27)16-7-5-4-6-8-16/h4-8,11-13,23H,9-10,14H2,1-3H3/t23-/m0/s1. The summed E-state index contributed by atoms with van der Waals surface area (Å²) in [6.07, 6.45) is 0.890. The summed E-state index contributed by atoms with van der Waals surface area (Å²) in [5.41, 5.74) is 4.22. The van der Waals surface area contributed by atoms with Gasteiger partial charge in [0, 0.05) is 18.3 Å². The predicted molar refractivity (Wildman–Crippen MR) is 124 cm³/mol. The van der Waals surface area contributed by atoms with E-state index >= 15 is 0 Å². The van der Waals surface area contributed by atoms with Gasteiger partial charge in [0.15, 0.2) is 11.5 Å². The van der Waals surface area contributed by atoms with Crippen LogP contribution in [-0.4, -0.2) is 40.3 Å². The highest BCUT2D eigenvalue weighted by Gasteiger charge is 2.31. The van der Waals surface area contributed by atoms with Crippen molar-refractivity contribution in [1.82, 2.24) is 19.5 Å². The van der Waals surface area contributed by atoms with Crippen LogP contribution in [0.5, 0.6) is 11.5 Å². The van der Waals surface area contributed by atoms with Gasteiger partial charge in [-0.2, -0.15) is 9.61 Å². The molecule has 0 unspecified atom stereocenters. The van der Waals surface area contributed by atoms with Gasteiger partial charge in [0.25, 0.3) is 5.56 Å². The molecule has 0 saturated heterocycles. The molecule has 0 N–H and O–H groups in total. The van der Waals surface area contributed by atoms with E-state index in [1.54, 1.807) is 14.2 Å². The van der Waals surface area contributed by atoms with Crippen LogP contribution in [0.15, 0.2) is 53.3 Å². The lowest BCUT2D eigenvalue weighted by Crippen LogP contribution is -2.35. The molecule has 0 saturated carbocycles. The molecule has 32 heavy (non-hydrogen) atoms. The SMILES string of the molecule is COc1cc2c(cc1OC)[C@H](c1ccccc1)N(Cc1nn3c(=O)cc(C)nc3s1)CC2. The molecule has 3 heterocycles. The van der Waals surface area contributed by atoms with Crippen LogP contribution in [0.25, 0.3) is 4.96 Å². The number of ether oxygens (including phenoxy) is 2. The Morgan fingerprint density at radius 3 is 2.59 bits per heavy atom. The highest BCUT2D eigenvalue weighted by molar-refractivity contribution is 7.16. The summed E-state index contributed by atoms with van der Waals surface area (Å²) in [7, 11) is 3.33. The van der Waals surface area contributed by atoms with Gasteiger partial charge >= 0.3 is 0 Å². The first-order valence-electron chi connectivity index (χ1n) is 10.5. The van der Waals surface area contributed by atoms with Gasteiger partial charge in [0.2, 0.25) is 4.96 Å². The van der Waals surface area contributed by atoms with Crippen molar-refractivity contribution in [3.63, 3.8) is 0 Å². The molecular weight excluding hydrogens is 424 g/mol. The molecule has 8 heteroatoms. The second-order valence-corrected chi connectivity index (χ2v) is 8.91. The minimum absolute atomic E-state index is 0.0400. The number of aryl methyl sites for hydroxylation is 1. The van der Waals surface area contributed by atoms with Gasteiger partial charge in [-0.05, 0) is 42.2 Å². The van der Waals surface area contributed by atoms with Gasteiger partial charge in [-0.1, -0.05) is 41.7 Å². The molecule has 1 aliphatic heterocycles. The fourth-order valence-corrected chi connectivity index (χ4v) is 5.36. The summed E-state index contributed by atoms with van der Waals surface area (Å²) >= 11 is 1.47. The topological polar surface area (TPSA) is 69.0 Å². The number of methoxy groups -OCH3 is 2. The molecule has 4 aromatic rings. The van der Waals surface area contributed by atoms with Crippen molar-refractivity contribution in [1.29, 1.82) is 0 Å². The number of rotatable bonds is 5. The van der Waals surface area contributed by atoms with Crippen LogP contribution in [0.3, 0.4) is 0 Å². The highest BCUT2D eigenvalue weighted by atomic mass is 32.1. The zero-order valence-corrected chi connectivity index (χ0v) is 19.1. The molecule has 0 amide bonds. The maximum atomic E-state index is 12.3. The normalized spacial score (nSPS) is 16.2. The number of fused-ring (bicyclic) bond motifs is 2. The third-order valence-electron chi connectivity index (χ3n) is 5.84. The quantitative estimate of drug-likeness (QED) is 0.465. The lowest BCUT2D eigenvalue weighted by Gasteiger charge is -2.37. The predicted octanol–water partition coefficient (Wildman–Crippen LogP) is 3.62. The lowest BCUT2D eigenvalue weighted by molar-refractivity contribution is 0.202. The Morgan fingerprint density at radius 2 is 1.84 bits per heavy atom. The van der Waals surface area contributed by atoms with E-state index in [0.717, 1.165) is 29.5 Å². The first-order chi connectivity index (χ1) is 15.6. The van der Waals surface area contributed by atoms with Crippen molar-refractivity contribution in [3.05, 3.63) is 86.3 Å². The van der Waals surface area contributed by atoms with Crippen molar-refractivity contribution in [2.45, 2.75) is 25.9 Å². The lowest BCUT2D eigenvalue weighted by atomic mass is 9.87.